The Kier molecular flexibility index (Phi) is 9.56. The number of esters is 1. The number of ether oxygens (including phenoxy) is 3. The summed E-state index contributed by atoms with van der Waals surface area (Å²) < 4.78 is 14.2. The smallest absolute Gasteiger partial charge is 0.499 e. The molecule has 0 fully saturated rings. The molecular formula is C21H23N3O9. The summed E-state index contributed by atoms with van der Waals surface area (Å²) in [6.45, 7) is 8.83. The molecule has 0 heterocycles. The molecule has 1 N–H and O–H groups in total. The number of carbonyl (C=O) groups is 3. The van der Waals surface area contributed by atoms with Crippen LogP contribution in [0.3, 0.4) is 0 Å². The lowest BCUT2D eigenvalue weighted by Crippen LogP contribution is -2.31. The Morgan fingerprint density at radius 1 is 1.33 bits per heavy atom. The Morgan fingerprint density at radius 3 is 2.42 bits per heavy atom. The number of nitrogens with zero attached hydrogens (tertiary/aromatic N) is 3. The molecule has 176 valence electrons. The number of phenols is 1. The average molecular weight is 461 g/mol. The van der Waals surface area contributed by atoms with Crippen LogP contribution in [0.2, 0.25) is 0 Å². The molecule has 0 saturated carbocycles. The highest BCUT2D eigenvalue weighted by molar-refractivity contribution is 6.01. The summed E-state index contributed by atoms with van der Waals surface area (Å²) in [5.74, 6) is -3.08. The molecule has 1 aromatic rings. The molecule has 1 atom stereocenters. The van der Waals surface area contributed by atoms with Gasteiger partial charge in [0.2, 0.25) is 5.75 Å². The van der Waals surface area contributed by atoms with Gasteiger partial charge >= 0.3 is 17.8 Å². The van der Waals surface area contributed by atoms with Crippen molar-refractivity contribution in [2.45, 2.75) is 26.9 Å². The van der Waals surface area contributed by atoms with Crippen molar-refractivity contribution in [3.63, 3.8) is 0 Å². The number of nitriles is 1. The normalized spacial score (nSPS) is 11.5. The molecule has 0 aliphatic heterocycles. The summed E-state index contributed by atoms with van der Waals surface area (Å²) in [4.78, 5) is 47.8. The third kappa shape index (κ3) is 6.79. The van der Waals surface area contributed by atoms with Crippen LogP contribution >= 0.6 is 0 Å². The van der Waals surface area contributed by atoms with Crippen LogP contribution in [-0.4, -0.2) is 59.3 Å². The van der Waals surface area contributed by atoms with E-state index in [0.717, 1.165) is 25.3 Å². The van der Waals surface area contributed by atoms with Crippen molar-refractivity contribution in [2.24, 2.45) is 0 Å². The number of phenolic OH excluding ortho intramolecular Hbond substituents is 1. The number of hydrogen-bond donors (Lipinski definition) is 1. The third-order valence-electron chi connectivity index (χ3n) is 4.39. The van der Waals surface area contributed by atoms with Gasteiger partial charge in [0.25, 0.3) is 5.91 Å². The van der Waals surface area contributed by atoms with E-state index in [0.29, 0.717) is 13.1 Å². The highest BCUT2D eigenvalue weighted by atomic mass is 16.7. The first-order valence-electron chi connectivity index (χ1n) is 9.58. The second-order valence-corrected chi connectivity index (χ2v) is 6.42. The molecule has 12 nitrogen and oxygen atoms in total. The van der Waals surface area contributed by atoms with E-state index in [1.54, 1.807) is 19.9 Å². The summed E-state index contributed by atoms with van der Waals surface area (Å²) in [7, 11) is 1.11. The van der Waals surface area contributed by atoms with Crippen molar-refractivity contribution in [3.8, 4) is 17.6 Å². The van der Waals surface area contributed by atoms with Crippen LogP contribution in [0.1, 0.15) is 26.3 Å². The Labute approximate surface area is 189 Å². The molecule has 0 aliphatic carbocycles. The maximum Gasteiger partial charge on any atom is 0.514 e. The number of likely N-dealkylation sites (N-methyl/N-ethyl adjacent to an activating group) is 1. The molecule has 12 heteroatoms. The molecule has 0 radical (unpaired) electrons. The monoisotopic (exact) mass is 461 g/mol. The molecule has 0 saturated heterocycles. The number of nitro benzene ring substituents is 1. The molecule has 0 aliphatic rings. The van der Waals surface area contributed by atoms with Gasteiger partial charge in [0, 0.05) is 19.2 Å². The van der Waals surface area contributed by atoms with Crippen LogP contribution in [-0.2, 0) is 19.1 Å². The molecule has 0 bridgehead atoms. The van der Waals surface area contributed by atoms with Crippen LogP contribution < -0.4 is 4.74 Å². The quantitative estimate of drug-likeness (QED) is 0.144. The molecule has 1 amide bonds. The van der Waals surface area contributed by atoms with Gasteiger partial charge < -0.3 is 24.2 Å². The molecular weight excluding hydrogens is 438 g/mol. The Bertz CT molecular complexity index is 1040. The number of nitro groups is 1. The van der Waals surface area contributed by atoms with Gasteiger partial charge in [0.15, 0.2) is 5.75 Å². The number of benzene rings is 1. The van der Waals surface area contributed by atoms with Gasteiger partial charge in [-0.1, -0.05) is 6.58 Å². The Hall–Kier alpha value is -4.40. The lowest BCUT2D eigenvalue weighted by molar-refractivity contribution is -0.385. The van der Waals surface area contributed by atoms with E-state index < -0.39 is 46.2 Å². The van der Waals surface area contributed by atoms with E-state index >= 15 is 0 Å². The highest BCUT2D eigenvalue weighted by Crippen LogP contribution is 2.38. The molecule has 1 rings (SSSR count). The maximum absolute atomic E-state index is 12.5. The first-order valence-corrected chi connectivity index (χ1v) is 9.58. The fraction of sp³-hybridized carbons (Fsp3) is 0.333. The standard InChI is InChI=1S/C21H23N3O9/c1-6-23(7-2)19(26)15(11-22)8-14-9-16(24(29)30)18(25)17(10-14)33-21(28)32-13(4)12(3)20(27)31-5/h8-10,13,25H,3,6-7H2,1-2,4-5H3. The van der Waals surface area contributed by atoms with Crippen molar-refractivity contribution >= 4 is 29.8 Å². The average Bonchev–Trinajstić information content (AvgIpc) is 2.78. The number of amides is 1. The largest absolute Gasteiger partial charge is 0.514 e. The minimum Gasteiger partial charge on any atom is -0.499 e. The highest BCUT2D eigenvalue weighted by Gasteiger charge is 2.25. The van der Waals surface area contributed by atoms with Gasteiger partial charge in [-0.15, -0.1) is 0 Å². The van der Waals surface area contributed by atoms with Gasteiger partial charge in [0.05, 0.1) is 17.6 Å². The van der Waals surface area contributed by atoms with Gasteiger partial charge in [-0.3, -0.25) is 14.9 Å². The van der Waals surface area contributed by atoms with Crippen molar-refractivity contribution < 1.29 is 38.6 Å². The van der Waals surface area contributed by atoms with Crippen molar-refractivity contribution in [1.29, 1.82) is 5.26 Å². The lowest BCUT2D eigenvalue weighted by atomic mass is 10.1. The van der Waals surface area contributed by atoms with E-state index in [4.69, 9.17) is 9.47 Å². The van der Waals surface area contributed by atoms with E-state index in [-0.39, 0.29) is 16.7 Å². The van der Waals surface area contributed by atoms with Gasteiger partial charge in [-0.25, -0.2) is 9.59 Å². The zero-order valence-corrected chi connectivity index (χ0v) is 18.5. The predicted octanol–water partition coefficient (Wildman–Crippen LogP) is 2.71. The predicted molar refractivity (Wildman–Crippen MR) is 114 cm³/mol. The molecule has 0 spiro atoms. The molecule has 33 heavy (non-hydrogen) atoms. The number of methoxy groups -OCH3 is 1. The van der Waals surface area contributed by atoms with E-state index in [2.05, 4.69) is 11.3 Å². The second-order valence-electron chi connectivity index (χ2n) is 6.42. The summed E-state index contributed by atoms with van der Waals surface area (Å²) in [6.07, 6.45) is -1.51. The van der Waals surface area contributed by atoms with Crippen LogP contribution in [0.25, 0.3) is 6.08 Å². The SMILES string of the molecule is C=C(C(=O)OC)C(C)OC(=O)Oc1cc(C=C(C#N)C(=O)N(CC)CC)cc([N+](=O)[O-])c1O. The van der Waals surface area contributed by atoms with Crippen LogP contribution in [0.15, 0.2) is 29.9 Å². The summed E-state index contributed by atoms with van der Waals surface area (Å²) in [5, 5.41) is 30.8. The summed E-state index contributed by atoms with van der Waals surface area (Å²) in [6, 6.07) is 3.64. The fourth-order valence-electron chi connectivity index (χ4n) is 2.53. The topological polar surface area (TPSA) is 169 Å². The molecule has 1 aromatic carbocycles. The van der Waals surface area contributed by atoms with Crippen molar-refractivity contribution in [2.75, 3.05) is 20.2 Å². The maximum atomic E-state index is 12.5. The van der Waals surface area contributed by atoms with Gasteiger partial charge in [0.1, 0.15) is 17.7 Å². The number of rotatable bonds is 9. The minimum atomic E-state index is -1.40. The Morgan fingerprint density at radius 2 is 1.94 bits per heavy atom. The fourth-order valence-corrected chi connectivity index (χ4v) is 2.53. The molecule has 1 unspecified atom stereocenters. The lowest BCUT2D eigenvalue weighted by Gasteiger charge is -2.17. The summed E-state index contributed by atoms with van der Waals surface area (Å²) >= 11 is 0. The zero-order valence-electron chi connectivity index (χ0n) is 18.5. The van der Waals surface area contributed by atoms with E-state index in [1.165, 1.54) is 11.8 Å². The molecule has 0 aromatic heterocycles. The van der Waals surface area contributed by atoms with E-state index in [9.17, 15) is 34.9 Å². The van der Waals surface area contributed by atoms with Crippen LogP contribution in [0, 0.1) is 21.4 Å². The van der Waals surface area contributed by atoms with Crippen molar-refractivity contribution in [3.05, 3.63) is 45.5 Å². The van der Waals surface area contributed by atoms with Gasteiger partial charge in [-0.05, 0) is 38.5 Å². The van der Waals surface area contributed by atoms with Gasteiger partial charge in [-0.2, -0.15) is 5.26 Å². The second kappa shape index (κ2) is 11.8. The zero-order chi connectivity index (χ0) is 25.3. The van der Waals surface area contributed by atoms with Crippen molar-refractivity contribution in [1.82, 2.24) is 4.90 Å². The van der Waals surface area contributed by atoms with Crippen LogP contribution in [0.5, 0.6) is 11.5 Å². The first kappa shape index (κ1) is 26.6. The minimum absolute atomic E-state index is 0.0635. The first-order chi connectivity index (χ1) is 15.5. The number of hydrogen-bond acceptors (Lipinski definition) is 10. The number of aromatic hydroxyl groups is 1. The number of carbonyl (C=O) groups excluding carboxylic acids is 3. The van der Waals surface area contributed by atoms with E-state index in [1.807, 2.05) is 0 Å². The Balaban J connectivity index is 3.33. The third-order valence-corrected chi connectivity index (χ3v) is 4.39. The summed E-state index contributed by atoms with van der Waals surface area (Å²) in [5.41, 5.74) is -1.43. The van der Waals surface area contributed by atoms with Crippen LogP contribution in [0.4, 0.5) is 10.5 Å².